The van der Waals surface area contributed by atoms with Crippen molar-refractivity contribution in [2.24, 2.45) is 0 Å². The van der Waals surface area contributed by atoms with Crippen molar-refractivity contribution in [3.05, 3.63) is 11.1 Å². The van der Waals surface area contributed by atoms with Crippen LogP contribution in [0.3, 0.4) is 0 Å². The number of aliphatic carboxylic acids is 1. The molecule has 0 fully saturated rings. The molecule has 1 aromatic rings. The molecule has 104 valence electrons. The fourth-order valence-corrected chi connectivity index (χ4v) is 1.94. The lowest BCUT2D eigenvalue weighted by Gasteiger charge is -2.11. The zero-order valence-electron chi connectivity index (χ0n) is 10.0. The quantitative estimate of drug-likeness (QED) is 0.567. The van der Waals surface area contributed by atoms with E-state index >= 15 is 0 Å². The highest BCUT2D eigenvalue weighted by molar-refractivity contribution is 7.14. The minimum absolute atomic E-state index is 0.0120. The summed E-state index contributed by atoms with van der Waals surface area (Å²) >= 11 is 1.05. The van der Waals surface area contributed by atoms with Gasteiger partial charge in [-0.15, -0.1) is 11.3 Å². The van der Waals surface area contributed by atoms with E-state index in [9.17, 15) is 14.4 Å². The number of thiazole rings is 1. The third-order valence-corrected chi connectivity index (χ3v) is 2.80. The minimum Gasteiger partial charge on any atom is -0.480 e. The average Bonchev–Trinajstić information content (AvgIpc) is 2.75. The first-order valence-corrected chi connectivity index (χ1v) is 6.19. The fraction of sp³-hybridized carbons (Fsp3) is 0.400. The fourth-order valence-electron chi connectivity index (χ4n) is 1.20. The molecule has 1 atom stereocenters. The van der Waals surface area contributed by atoms with Crippen LogP contribution in [0.1, 0.15) is 23.8 Å². The van der Waals surface area contributed by atoms with E-state index < -0.39 is 17.9 Å². The van der Waals surface area contributed by atoms with Crippen molar-refractivity contribution >= 4 is 34.3 Å². The minimum atomic E-state index is -1.24. The lowest BCUT2D eigenvalue weighted by Crippen LogP contribution is -2.41. The van der Waals surface area contributed by atoms with Crippen LogP contribution in [0, 0.1) is 0 Å². The van der Waals surface area contributed by atoms with Gasteiger partial charge in [-0.2, -0.15) is 0 Å². The zero-order chi connectivity index (χ0) is 14.4. The summed E-state index contributed by atoms with van der Waals surface area (Å²) in [4.78, 5) is 37.2. The molecule has 0 aromatic carbocycles. The van der Waals surface area contributed by atoms with Crippen LogP contribution in [-0.4, -0.2) is 45.6 Å². The molecule has 0 unspecified atom stereocenters. The second kappa shape index (κ2) is 6.81. The highest BCUT2D eigenvalue weighted by atomic mass is 32.1. The van der Waals surface area contributed by atoms with Crippen molar-refractivity contribution < 1.29 is 24.6 Å². The summed E-state index contributed by atoms with van der Waals surface area (Å²) in [6, 6.07) is -1.18. The lowest BCUT2D eigenvalue weighted by molar-refractivity contribution is -0.139. The topological polar surface area (TPSA) is 129 Å². The SMILES string of the molecule is CC(=O)Nc1nc(C(=O)N[C@@H](CCO)C(=O)O)cs1. The van der Waals surface area contributed by atoms with E-state index in [1.807, 2.05) is 0 Å². The molecule has 0 spiro atoms. The molecule has 0 bridgehead atoms. The highest BCUT2D eigenvalue weighted by Crippen LogP contribution is 2.15. The van der Waals surface area contributed by atoms with Gasteiger partial charge in [0.15, 0.2) is 5.13 Å². The summed E-state index contributed by atoms with van der Waals surface area (Å²) in [6.45, 7) is 0.953. The Hall–Kier alpha value is -2.00. The second-order valence-electron chi connectivity index (χ2n) is 3.60. The Bertz CT molecular complexity index is 487. The number of hydrogen-bond donors (Lipinski definition) is 4. The number of nitrogens with zero attached hydrogens (tertiary/aromatic N) is 1. The van der Waals surface area contributed by atoms with E-state index in [1.54, 1.807) is 0 Å². The molecular formula is C10H13N3O5S. The number of aliphatic hydroxyl groups is 1. The Morgan fingerprint density at radius 2 is 2.16 bits per heavy atom. The van der Waals surface area contributed by atoms with Gasteiger partial charge in [0, 0.05) is 25.3 Å². The van der Waals surface area contributed by atoms with Gasteiger partial charge in [-0.05, 0) is 0 Å². The summed E-state index contributed by atoms with van der Waals surface area (Å²) in [5, 5.41) is 23.8. The average molecular weight is 287 g/mol. The largest absolute Gasteiger partial charge is 0.480 e. The van der Waals surface area contributed by atoms with Gasteiger partial charge >= 0.3 is 5.97 Å². The van der Waals surface area contributed by atoms with E-state index in [1.165, 1.54) is 12.3 Å². The Balaban J connectivity index is 2.69. The van der Waals surface area contributed by atoms with Gasteiger partial charge in [-0.25, -0.2) is 9.78 Å². The summed E-state index contributed by atoms with van der Waals surface area (Å²) < 4.78 is 0. The molecule has 2 amide bonds. The number of aromatic nitrogens is 1. The molecule has 1 heterocycles. The normalized spacial score (nSPS) is 11.7. The van der Waals surface area contributed by atoms with E-state index in [0.717, 1.165) is 11.3 Å². The van der Waals surface area contributed by atoms with Crippen LogP contribution in [0.2, 0.25) is 0 Å². The predicted octanol–water partition coefficient (Wildman–Crippen LogP) is -0.333. The maximum atomic E-state index is 11.7. The number of carboxylic acids is 1. The first kappa shape index (κ1) is 15.1. The van der Waals surface area contributed by atoms with Crippen LogP contribution in [0.5, 0.6) is 0 Å². The smallest absolute Gasteiger partial charge is 0.326 e. The van der Waals surface area contributed by atoms with Crippen molar-refractivity contribution in [2.45, 2.75) is 19.4 Å². The molecule has 0 aliphatic rings. The number of nitrogens with one attached hydrogen (secondary N) is 2. The number of rotatable bonds is 6. The van der Waals surface area contributed by atoms with Crippen LogP contribution in [0.4, 0.5) is 5.13 Å². The molecule has 0 saturated carbocycles. The van der Waals surface area contributed by atoms with Crippen molar-refractivity contribution in [2.75, 3.05) is 11.9 Å². The monoisotopic (exact) mass is 287 g/mol. The van der Waals surface area contributed by atoms with Gasteiger partial charge in [0.2, 0.25) is 5.91 Å². The summed E-state index contributed by atoms with van der Waals surface area (Å²) in [5.41, 5.74) is 0.0120. The van der Waals surface area contributed by atoms with Crippen LogP contribution < -0.4 is 10.6 Å². The number of hydrogen-bond acceptors (Lipinski definition) is 6. The van der Waals surface area contributed by atoms with Gasteiger partial charge in [0.05, 0.1) is 0 Å². The van der Waals surface area contributed by atoms with Gasteiger partial charge < -0.3 is 20.8 Å². The molecular weight excluding hydrogens is 274 g/mol. The van der Waals surface area contributed by atoms with Crippen molar-refractivity contribution in [1.82, 2.24) is 10.3 Å². The molecule has 19 heavy (non-hydrogen) atoms. The second-order valence-corrected chi connectivity index (χ2v) is 4.45. The van der Waals surface area contributed by atoms with Crippen LogP contribution in [0.15, 0.2) is 5.38 Å². The van der Waals surface area contributed by atoms with Crippen LogP contribution in [-0.2, 0) is 9.59 Å². The van der Waals surface area contributed by atoms with E-state index in [2.05, 4.69) is 15.6 Å². The molecule has 0 aliphatic carbocycles. The number of carboxylic acid groups (broad SMARTS) is 1. The Morgan fingerprint density at radius 1 is 1.47 bits per heavy atom. The Morgan fingerprint density at radius 3 is 2.68 bits per heavy atom. The first-order chi connectivity index (χ1) is 8.93. The highest BCUT2D eigenvalue weighted by Gasteiger charge is 2.21. The molecule has 0 aliphatic heterocycles. The van der Waals surface area contributed by atoms with Gasteiger partial charge in [0.25, 0.3) is 5.91 Å². The van der Waals surface area contributed by atoms with Crippen LogP contribution in [0.25, 0.3) is 0 Å². The molecule has 0 saturated heterocycles. The zero-order valence-corrected chi connectivity index (χ0v) is 10.9. The molecule has 4 N–H and O–H groups in total. The van der Waals surface area contributed by atoms with E-state index in [4.69, 9.17) is 10.2 Å². The van der Waals surface area contributed by atoms with Gasteiger partial charge in [-0.1, -0.05) is 0 Å². The maximum Gasteiger partial charge on any atom is 0.326 e. The summed E-state index contributed by atoms with van der Waals surface area (Å²) in [5.74, 6) is -2.22. The first-order valence-electron chi connectivity index (χ1n) is 5.31. The standard InChI is InChI=1S/C10H13N3O5S/c1-5(15)11-10-13-7(4-19-10)8(16)12-6(2-3-14)9(17)18/h4,6,14H,2-3H2,1H3,(H,12,16)(H,17,18)(H,11,13,15)/t6-/m0/s1. The molecule has 8 nitrogen and oxygen atoms in total. The maximum absolute atomic E-state index is 11.7. The number of anilines is 1. The van der Waals surface area contributed by atoms with Gasteiger partial charge in [-0.3, -0.25) is 9.59 Å². The lowest BCUT2D eigenvalue weighted by atomic mass is 10.2. The van der Waals surface area contributed by atoms with Crippen molar-refractivity contribution in [3.8, 4) is 0 Å². The number of carbonyl (C=O) groups excluding carboxylic acids is 2. The molecule has 1 rings (SSSR count). The molecule has 9 heteroatoms. The third kappa shape index (κ3) is 4.64. The van der Waals surface area contributed by atoms with Crippen molar-refractivity contribution in [1.29, 1.82) is 0 Å². The predicted molar refractivity (Wildman–Crippen MR) is 67.0 cm³/mol. The number of carbonyl (C=O) groups is 3. The van der Waals surface area contributed by atoms with Crippen LogP contribution >= 0.6 is 11.3 Å². The molecule has 0 radical (unpaired) electrons. The number of amides is 2. The number of aliphatic hydroxyl groups excluding tert-OH is 1. The summed E-state index contributed by atoms with van der Waals surface area (Å²) in [7, 11) is 0. The van der Waals surface area contributed by atoms with E-state index in [0.29, 0.717) is 0 Å². The van der Waals surface area contributed by atoms with Gasteiger partial charge in [0.1, 0.15) is 11.7 Å². The van der Waals surface area contributed by atoms with Crippen molar-refractivity contribution in [3.63, 3.8) is 0 Å². The Labute approximate surface area is 112 Å². The Kier molecular flexibility index (Phi) is 5.39. The van der Waals surface area contributed by atoms with E-state index in [-0.39, 0.29) is 29.8 Å². The summed E-state index contributed by atoms with van der Waals surface area (Å²) in [6.07, 6.45) is -0.0935. The third-order valence-electron chi connectivity index (χ3n) is 2.04. The molecule has 1 aromatic heterocycles.